The number of hydrogen-bond donors (Lipinski definition) is 0. The van der Waals surface area contributed by atoms with Gasteiger partial charge in [0.05, 0.1) is 5.88 Å². The molecule has 0 saturated heterocycles. The lowest BCUT2D eigenvalue weighted by molar-refractivity contribution is 1.92. The van der Waals surface area contributed by atoms with Crippen molar-refractivity contribution in [1.29, 1.82) is 0 Å². The second-order valence-electron chi connectivity index (χ2n) is 1.06. The first-order valence-electron chi connectivity index (χ1n) is 2.37. The van der Waals surface area contributed by atoms with Crippen molar-refractivity contribution in [2.75, 3.05) is 5.88 Å². The van der Waals surface area contributed by atoms with Crippen molar-refractivity contribution in [2.45, 2.75) is 6.92 Å². The van der Waals surface area contributed by atoms with Crippen molar-refractivity contribution in [3.63, 3.8) is 0 Å². The average molecular weight is 137 g/mol. The van der Waals surface area contributed by atoms with Gasteiger partial charge in [0.15, 0.2) is 0 Å². The molecular formula is C8H5Cl. The molecule has 9 heavy (non-hydrogen) atoms. The summed E-state index contributed by atoms with van der Waals surface area (Å²) in [6.45, 7) is 1.73. The summed E-state index contributed by atoms with van der Waals surface area (Å²) in [4.78, 5) is 0. The Bertz CT molecular complexity index is 231. The molecule has 0 fully saturated rings. The fourth-order valence-corrected chi connectivity index (χ4v) is 0.269. The molecular weight excluding hydrogens is 132 g/mol. The second kappa shape index (κ2) is 6.97. The van der Waals surface area contributed by atoms with Crippen LogP contribution in [0.3, 0.4) is 0 Å². The van der Waals surface area contributed by atoms with Gasteiger partial charge >= 0.3 is 0 Å². The highest BCUT2D eigenvalue weighted by molar-refractivity contribution is 6.19. The van der Waals surface area contributed by atoms with E-state index in [2.05, 4.69) is 35.5 Å². The molecule has 0 heterocycles. The fourth-order valence-electron chi connectivity index (χ4n) is 0.203. The molecule has 0 nitrogen and oxygen atoms in total. The number of rotatable bonds is 0. The predicted octanol–water partition coefficient (Wildman–Crippen LogP) is 1.26. The van der Waals surface area contributed by atoms with Crippen LogP contribution in [0.15, 0.2) is 0 Å². The van der Waals surface area contributed by atoms with Crippen molar-refractivity contribution in [3.05, 3.63) is 0 Å². The Hall–Kier alpha value is -1.03. The topological polar surface area (TPSA) is 0 Å². The number of alkyl halides is 1. The zero-order chi connectivity index (χ0) is 6.95. The molecule has 0 N–H and O–H groups in total. The van der Waals surface area contributed by atoms with Crippen molar-refractivity contribution in [3.8, 4) is 35.5 Å². The molecule has 0 aliphatic rings. The Morgan fingerprint density at radius 2 is 1.78 bits per heavy atom. The zero-order valence-corrected chi connectivity index (χ0v) is 5.84. The van der Waals surface area contributed by atoms with E-state index in [9.17, 15) is 0 Å². The molecule has 0 atom stereocenters. The van der Waals surface area contributed by atoms with Crippen LogP contribution in [0, 0.1) is 35.5 Å². The maximum Gasteiger partial charge on any atom is 0.0845 e. The summed E-state index contributed by atoms with van der Waals surface area (Å²) in [6, 6.07) is 0. The van der Waals surface area contributed by atoms with Crippen LogP contribution in [0.25, 0.3) is 0 Å². The van der Waals surface area contributed by atoms with E-state index >= 15 is 0 Å². The van der Waals surface area contributed by atoms with Crippen LogP contribution < -0.4 is 0 Å². The van der Waals surface area contributed by atoms with Crippen LogP contribution in [0.2, 0.25) is 0 Å². The van der Waals surface area contributed by atoms with E-state index in [4.69, 9.17) is 11.6 Å². The third-order valence-corrected chi connectivity index (χ3v) is 0.601. The average Bonchev–Trinajstić information content (AvgIpc) is 1.89. The third-order valence-electron chi connectivity index (χ3n) is 0.468. The largest absolute Gasteiger partial charge is 0.113 e. The van der Waals surface area contributed by atoms with Gasteiger partial charge in [-0.15, -0.1) is 11.6 Å². The number of halogens is 1. The molecule has 0 aliphatic heterocycles. The van der Waals surface area contributed by atoms with Crippen molar-refractivity contribution in [1.82, 2.24) is 0 Å². The molecule has 0 aliphatic carbocycles. The van der Waals surface area contributed by atoms with Crippen molar-refractivity contribution < 1.29 is 0 Å². The van der Waals surface area contributed by atoms with Gasteiger partial charge < -0.3 is 0 Å². The van der Waals surface area contributed by atoms with E-state index in [-0.39, 0.29) is 0 Å². The molecule has 0 spiro atoms. The van der Waals surface area contributed by atoms with Crippen molar-refractivity contribution in [2.24, 2.45) is 0 Å². The van der Waals surface area contributed by atoms with Gasteiger partial charge in [-0.25, -0.2) is 0 Å². The summed E-state index contributed by atoms with van der Waals surface area (Å²) < 4.78 is 0. The Kier molecular flexibility index (Phi) is 6.17. The minimum atomic E-state index is 0.328. The molecule has 0 unspecified atom stereocenters. The second-order valence-corrected chi connectivity index (χ2v) is 1.33. The number of hydrogen-bond acceptors (Lipinski definition) is 0. The Balaban J connectivity index is 3.71. The molecule has 0 rings (SSSR count). The summed E-state index contributed by atoms with van der Waals surface area (Å²) in [6.07, 6.45) is 0. The molecule has 0 aromatic heterocycles. The van der Waals surface area contributed by atoms with Crippen LogP contribution in [0.5, 0.6) is 0 Å². The van der Waals surface area contributed by atoms with Crippen LogP contribution in [0.1, 0.15) is 6.92 Å². The fraction of sp³-hybridized carbons (Fsp3) is 0.250. The molecule has 0 amide bonds. The molecule has 0 bridgehead atoms. The lowest BCUT2D eigenvalue weighted by Gasteiger charge is -1.58. The summed E-state index contributed by atoms with van der Waals surface area (Å²) in [5.74, 6) is 15.6. The first kappa shape index (κ1) is 7.97. The zero-order valence-electron chi connectivity index (χ0n) is 5.09. The molecule has 0 aromatic rings. The summed E-state index contributed by atoms with van der Waals surface area (Å²) >= 11 is 5.24. The van der Waals surface area contributed by atoms with Gasteiger partial charge in [-0.1, -0.05) is 11.8 Å². The maximum atomic E-state index is 5.24. The molecule has 1 heteroatoms. The lowest BCUT2D eigenvalue weighted by Crippen LogP contribution is -1.57. The van der Waals surface area contributed by atoms with E-state index in [1.54, 1.807) is 6.92 Å². The predicted molar refractivity (Wildman–Crippen MR) is 39.7 cm³/mol. The van der Waals surface area contributed by atoms with Crippen LogP contribution in [-0.2, 0) is 0 Å². The summed E-state index contributed by atoms with van der Waals surface area (Å²) in [5.41, 5.74) is 0. The normalized spacial score (nSPS) is 4.67. The molecule has 0 radical (unpaired) electrons. The Morgan fingerprint density at radius 3 is 2.33 bits per heavy atom. The highest BCUT2D eigenvalue weighted by Crippen LogP contribution is 1.65. The van der Waals surface area contributed by atoms with Crippen LogP contribution in [0.4, 0.5) is 0 Å². The van der Waals surface area contributed by atoms with E-state index < -0.39 is 0 Å². The molecule has 0 aromatic carbocycles. The van der Waals surface area contributed by atoms with E-state index in [0.29, 0.717) is 5.88 Å². The highest BCUT2D eigenvalue weighted by Gasteiger charge is 1.56. The lowest BCUT2D eigenvalue weighted by atomic mass is 10.5. The SMILES string of the molecule is CC#CC#CC#CCCl. The first-order chi connectivity index (χ1) is 4.41. The van der Waals surface area contributed by atoms with Crippen LogP contribution >= 0.6 is 11.6 Å². The van der Waals surface area contributed by atoms with Crippen LogP contribution in [-0.4, -0.2) is 5.88 Å². The maximum absolute atomic E-state index is 5.24. The third kappa shape index (κ3) is 6.97. The minimum Gasteiger partial charge on any atom is -0.113 e. The van der Waals surface area contributed by atoms with E-state index in [1.807, 2.05) is 0 Å². The smallest absolute Gasteiger partial charge is 0.0845 e. The van der Waals surface area contributed by atoms with E-state index in [0.717, 1.165) is 0 Å². The summed E-state index contributed by atoms with van der Waals surface area (Å²) in [5, 5.41) is 0. The van der Waals surface area contributed by atoms with Gasteiger partial charge in [0.25, 0.3) is 0 Å². The summed E-state index contributed by atoms with van der Waals surface area (Å²) in [7, 11) is 0. The molecule has 44 valence electrons. The Morgan fingerprint density at radius 1 is 1.11 bits per heavy atom. The Labute approximate surface area is 60.6 Å². The molecule has 0 saturated carbocycles. The highest BCUT2D eigenvalue weighted by atomic mass is 35.5. The van der Waals surface area contributed by atoms with Gasteiger partial charge in [0.1, 0.15) is 0 Å². The van der Waals surface area contributed by atoms with Gasteiger partial charge in [0.2, 0.25) is 0 Å². The van der Waals surface area contributed by atoms with E-state index in [1.165, 1.54) is 0 Å². The van der Waals surface area contributed by atoms with Gasteiger partial charge in [0, 0.05) is 0 Å². The monoisotopic (exact) mass is 136 g/mol. The van der Waals surface area contributed by atoms with Gasteiger partial charge in [-0.05, 0) is 30.6 Å². The quantitative estimate of drug-likeness (QED) is 0.348. The van der Waals surface area contributed by atoms with Gasteiger partial charge in [-0.3, -0.25) is 0 Å². The first-order valence-corrected chi connectivity index (χ1v) is 2.91. The van der Waals surface area contributed by atoms with Crippen molar-refractivity contribution >= 4 is 11.6 Å². The standard InChI is InChI=1S/C8H5Cl/c1-2-3-4-5-6-7-8-9/h8H2,1H3. The minimum absolute atomic E-state index is 0.328. The van der Waals surface area contributed by atoms with Gasteiger partial charge in [-0.2, -0.15) is 0 Å².